The van der Waals surface area contributed by atoms with Crippen LogP contribution in [-0.4, -0.2) is 12.1 Å². The Balaban J connectivity index is 1.88. The van der Waals surface area contributed by atoms with E-state index in [1.807, 2.05) is 0 Å². The third kappa shape index (κ3) is 2.48. The molecular formula is C14H19N. The molecule has 0 fully saturated rings. The fourth-order valence-electron chi connectivity index (χ4n) is 2.18. The highest BCUT2D eigenvalue weighted by Gasteiger charge is 2.17. The van der Waals surface area contributed by atoms with Crippen LogP contribution in [-0.2, 0) is 0 Å². The number of nitrogens with one attached hydrogen (secondary N) is 1. The van der Waals surface area contributed by atoms with Crippen LogP contribution in [0.2, 0.25) is 0 Å². The smallest absolute Gasteiger partial charge is 0.0291 e. The van der Waals surface area contributed by atoms with Crippen LogP contribution in [0.4, 0.5) is 0 Å². The van der Waals surface area contributed by atoms with Crippen molar-refractivity contribution in [1.29, 1.82) is 0 Å². The first-order valence-corrected chi connectivity index (χ1v) is 5.75. The molecular weight excluding hydrogens is 182 g/mol. The Hall–Kier alpha value is -1.08. The summed E-state index contributed by atoms with van der Waals surface area (Å²) in [5.41, 5.74) is 1.42. The van der Waals surface area contributed by atoms with E-state index in [0.29, 0.717) is 18.0 Å². The first-order chi connectivity index (χ1) is 7.27. The van der Waals surface area contributed by atoms with E-state index in [1.165, 1.54) is 5.57 Å². The van der Waals surface area contributed by atoms with Crippen molar-refractivity contribution in [2.24, 2.45) is 5.92 Å². The highest BCUT2D eigenvalue weighted by atomic mass is 14.9. The van der Waals surface area contributed by atoms with Gasteiger partial charge in [-0.25, -0.2) is 0 Å². The second-order valence-corrected chi connectivity index (χ2v) is 4.37. The molecule has 2 unspecified atom stereocenters. The van der Waals surface area contributed by atoms with Gasteiger partial charge in [-0.3, -0.25) is 0 Å². The summed E-state index contributed by atoms with van der Waals surface area (Å²) in [5.74, 6) is 0.554. The second-order valence-electron chi connectivity index (χ2n) is 4.37. The summed E-state index contributed by atoms with van der Waals surface area (Å²) in [7, 11) is 0. The lowest BCUT2D eigenvalue weighted by atomic mass is 10.0. The van der Waals surface area contributed by atoms with Crippen molar-refractivity contribution in [2.75, 3.05) is 0 Å². The number of rotatable bonds is 4. The maximum atomic E-state index is 3.64. The van der Waals surface area contributed by atoms with Crippen LogP contribution in [0.25, 0.3) is 0 Å². The van der Waals surface area contributed by atoms with Gasteiger partial charge in [-0.15, -0.1) is 0 Å². The molecule has 0 heterocycles. The Bertz CT molecular complexity index is 321. The van der Waals surface area contributed by atoms with Crippen LogP contribution >= 0.6 is 0 Å². The highest BCUT2D eigenvalue weighted by Crippen LogP contribution is 2.17. The zero-order valence-corrected chi connectivity index (χ0v) is 9.48. The lowest BCUT2D eigenvalue weighted by molar-refractivity contribution is 0.461. The van der Waals surface area contributed by atoms with Gasteiger partial charge in [-0.05, 0) is 25.8 Å². The molecule has 2 rings (SSSR count). The largest absolute Gasteiger partial charge is 0.307 e. The minimum Gasteiger partial charge on any atom is -0.307 e. The summed E-state index contributed by atoms with van der Waals surface area (Å²) >= 11 is 0. The third-order valence-corrected chi connectivity index (χ3v) is 3.17. The number of allylic oxidation sites excluding steroid dienone is 4. The molecule has 0 spiro atoms. The van der Waals surface area contributed by atoms with Crippen molar-refractivity contribution in [3.05, 3.63) is 48.1 Å². The van der Waals surface area contributed by atoms with Crippen molar-refractivity contribution in [3.63, 3.8) is 0 Å². The average Bonchev–Trinajstić information content (AvgIpc) is 2.91. The highest BCUT2D eigenvalue weighted by molar-refractivity contribution is 5.30. The second kappa shape index (κ2) is 4.63. The maximum absolute atomic E-state index is 3.64. The Morgan fingerprint density at radius 2 is 2.00 bits per heavy atom. The van der Waals surface area contributed by atoms with Crippen LogP contribution < -0.4 is 5.32 Å². The molecule has 2 aliphatic carbocycles. The van der Waals surface area contributed by atoms with Gasteiger partial charge in [-0.2, -0.15) is 0 Å². The van der Waals surface area contributed by atoms with Crippen LogP contribution in [0.15, 0.2) is 48.1 Å². The number of hydrogen-bond donors (Lipinski definition) is 1. The predicted octanol–water partition coefficient (Wildman–Crippen LogP) is 2.98. The van der Waals surface area contributed by atoms with Gasteiger partial charge in [-0.1, -0.05) is 42.5 Å². The summed E-state index contributed by atoms with van der Waals surface area (Å²) in [6.07, 6.45) is 16.6. The minimum atomic E-state index is 0.459. The van der Waals surface area contributed by atoms with E-state index >= 15 is 0 Å². The van der Waals surface area contributed by atoms with Crippen LogP contribution in [0.1, 0.15) is 20.3 Å². The van der Waals surface area contributed by atoms with Gasteiger partial charge in [0.05, 0.1) is 0 Å². The van der Waals surface area contributed by atoms with E-state index in [2.05, 4.69) is 61.7 Å². The van der Waals surface area contributed by atoms with Crippen molar-refractivity contribution < 1.29 is 0 Å². The zero-order valence-electron chi connectivity index (χ0n) is 9.48. The number of hydrogen-bond acceptors (Lipinski definition) is 1. The van der Waals surface area contributed by atoms with Gasteiger partial charge in [0.1, 0.15) is 0 Å². The summed E-state index contributed by atoms with van der Waals surface area (Å²) < 4.78 is 0. The maximum Gasteiger partial charge on any atom is 0.0291 e. The fourth-order valence-corrected chi connectivity index (χ4v) is 2.18. The van der Waals surface area contributed by atoms with E-state index < -0.39 is 0 Å². The van der Waals surface area contributed by atoms with Crippen LogP contribution in [0, 0.1) is 5.92 Å². The van der Waals surface area contributed by atoms with Crippen molar-refractivity contribution >= 4 is 0 Å². The van der Waals surface area contributed by atoms with Crippen LogP contribution in [0.3, 0.4) is 0 Å². The molecule has 0 saturated carbocycles. The average molecular weight is 201 g/mol. The molecule has 0 aromatic carbocycles. The fraction of sp³-hybridized carbons (Fsp3) is 0.429. The van der Waals surface area contributed by atoms with Gasteiger partial charge in [0.15, 0.2) is 0 Å². The first-order valence-electron chi connectivity index (χ1n) is 5.75. The van der Waals surface area contributed by atoms with Gasteiger partial charge in [0, 0.05) is 18.0 Å². The summed E-state index contributed by atoms with van der Waals surface area (Å²) in [4.78, 5) is 0. The summed E-state index contributed by atoms with van der Waals surface area (Å²) in [5, 5.41) is 3.64. The Labute approximate surface area is 92.3 Å². The Kier molecular flexibility index (Phi) is 3.22. The molecule has 0 amide bonds. The molecule has 0 bridgehead atoms. The van der Waals surface area contributed by atoms with E-state index in [9.17, 15) is 0 Å². The van der Waals surface area contributed by atoms with Gasteiger partial charge in [0.2, 0.25) is 0 Å². The molecule has 0 aliphatic heterocycles. The molecule has 2 atom stereocenters. The lowest BCUT2D eigenvalue weighted by Crippen LogP contribution is -2.38. The van der Waals surface area contributed by atoms with E-state index in [4.69, 9.17) is 0 Å². The van der Waals surface area contributed by atoms with Crippen LogP contribution in [0.5, 0.6) is 0 Å². The van der Waals surface area contributed by atoms with Crippen molar-refractivity contribution in [1.82, 2.24) is 5.32 Å². The minimum absolute atomic E-state index is 0.459. The monoisotopic (exact) mass is 201 g/mol. The standard InChI is InChI=1S/C14H19N/c1-11(13-7-3-4-8-13)15-12(2)14-9-5-6-10-14/h3-5,7-13,15H,6H2,1-2H3. The molecule has 0 saturated heterocycles. The van der Waals surface area contributed by atoms with Gasteiger partial charge in [0.25, 0.3) is 0 Å². The molecule has 1 N–H and O–H groups in total. The van der Waals surface area contributed by atoms with Gasteiger partial charge >= 0.3 is 0 Å². The topological polar surface area (TPSA) is 12.0 Å². The molecule has 1 nitrogen and oxygen atoms in total. The molecule has 1 heteroatoms. The summed E-state index contributed by atoms with van der Waals surface area (Å²) in [6.45, 7) is 4.49. The molecule has 0 aromatic rings. The van der Waals surface area contributed by atoms with Crippen molar-refractivity contribution in [2.45, 2.75) is 32.4 Å². The lowest BCUT2D eigenvalue weighted by Gasteiger charge is -2.23. The molecule has 2 aliphatic rings. The Morgan fingerprint density at radius 1 is 1.27 bits per heavy atom. The van der Waals surface area contributed by atoms with Gasteiger partial charge < -0.3 is 5.32 Å². The first kappa shape index (κ1) is 10.4. The van der Waals surface area contributed by atoms with E-state index in [1.54, 1.807) is 0 Å². The quantitative estimate of drug-likeness (QED) is 0.737. The van der Waals surface area contributed by atoms with E-state index in [0.717, 1.165) is 6.42 Å². The van der Waals surface area contributed by atoms with Crippen molar-refractivity contribution in [3.8, 4) is 0 Å². The normalized spacial score (nSPS) is 23.5. The SMILES string of the molecule is CC(NC(C)C1C=CC=C1)C1=CCC=C1. The molecule has 80 valence electrons. The molecule has 0 radical (unpaired) electrons. The summed E-state index contributed by atoms with van der Waals surface area (Å²) in [6, 6.07) is 0.964. The molecule has 15 heavy (non-hydrogen) atoms. The predicted molar refractivity (Wildman–Crippen MR) is 65.7 cm³/mol. The third-order valence-electron chi connectivity index (χ3n) is 3.17. The molecule has 0 aromatic heterocycles. The van der Waals surface area contributed by atoms with E-state index in [-0.39, 0.29) is 0 Å². The Morgan fingerprint density at radius 3 is 2.60 bits per heavy atom. The zero-order chi connectivity index (χ0) is 10.7.